The number of esters is 1. The maximum atomic E-state index is 11.9. The first-order valence-electron chi connectivity index (χ1n) is 6.41. The van der Waals surface area contributed by atoms with Gasteiger partial charge in [0.2, 0.25) is 5.79 Å². The minimum atomic E-state index is -1.04. The standard InChI is InChI=1S/C16H18O4/c1-11-14(15(18)20-16(2,3)19-11)13(17)10-9-12-7-5-4-6-8-12/h4-10,13-14,17H,1H2,2-3H3/b10-9+. The summed E-state index contributed by atoms with van der Waals surface area (Å²) >= 11 is 0. The van der Waals surface area contributed by atoms with Gasteiger partial charge in [0, 0.05) is 13.8 Å². The second-order valence-corrected chi connectivity index (χ2v) is 5.13. The smallest absolute Gasteiger partial charge is 0.322 e. The molecule has 2 rings (SSSR count). The average Bonchev–Trinajstić information content (AvgIpc) is 2.35. The molecule has 2 atom stereocenters. The van der Waals surface area contributed by atoms with Crippen LogP contribution in [-0.4, -0.2) is 23.0 Å². The van der Waals surface area contributed by atoms with Crippen LogP contribution in [0, 0.1) is 5.92 Å². The fourth-order valence-electron chi connectivity index (χ4n) is 2.05. The zero-order valence-electron chi connectivity index (χ0n) is 11.6. The molecule has 0 spiro atoms. The van der Waals surface area contributed by atoms with E-state index >= 15 is 0 Å². The number of benzene rings is 1. The Labute approximate surface area is 118 Å². The normalized spacial score (nSPS) is 23.2. The predicted molar refractivity (Wildman–Crippen MR) is 75.4 cm³/mol. The number of aliphatic hydroxyl groups is 1. The van der Waals surface area contributed by atoms with E-state index in [1.54, 1.807) is 19.9 Å². The van der Waals surface area contributed by atoms with Crippen LogP contribution < -0.4 is 0 Å². The van der Waals surface area contributed by atoms with Crippen molar-refractivity contribution in [1.82, 2.24) is 0 Å². The third-order valence-corrected chi connectivity index (χ3v) is 2.95. The van der Waals surface area contributed by atoms with Gasteiger partial charge in [-0.2, -0.15) is 0 Å². The van der Waals surface area contributed by atoms with Crippen LogP contribution in [0.5, 0.6) is 0 Å². The summed E-state index contributed by atoms with van der Waals surface area (Å²) in [6.07, 6.45) is 2.24. The molecule has 1 N–H and O–H groups in total. The zero-order valence-corrected chi connectivity index (χ0v) is 11.6. The summed E-state index contributed by atoms with van der Waals surface area (Å²) in [5.41, 5.74) is 0.933. The SMILES string of the molecule is C=C1OC(C)(C)OC(=O)C1C(O)/C=C/c1ccccc1. The second kappa shape index (κ2) is 5.51. The van der Waals surface area contributed by atoms with E-state index in [2.05, 4.69) is 6.58 Å². The van der Waals surface area contributed by atoms with Crippen LogP contribution in [0.1, 0.15) is 19.4 Å². The van der Waals surface area contributed by atoms with Gasteiger partial charge in [0.25, 0.3) is 0 Å². The molecule has 0 amide bonds. The van der Waals surface area contributed by atoms with Gasteiger partial charge in [-0.25, -0.2) is 0 Å². The molecule has 1 aliphatic rings. The van der Waals surface area contributed by atoms with Crippen molar-refractivity contribution in [2.45, 2.75) is 25.7 Å². The second-order valence-electron chi connectivity index (χ2n) is 5.13. The summed E-state index contributed by atoms with van der Waals surface area (Å²) in [5, 5.41) is 10.1. The lowest BCUT2D eigenvalue weighted by Gasteiger charge is -2.36. The van der Waals surface area contributed by atoms with E-state index in [9.17, 15) is 9.90 Å². The van der Waals surface area contributed by atoms with Crippen molar-refractivity contribution in [1.29, 1.82) is 0 Å². The monoisotopic (exact) mass is 274 g/mol. The molecule has 0 bridgehead atoms. The van der Waals surface area contributed by atoms with Gasteiger partial charge in [-0.15, -0.1) is 0 Å². The Morgan fingerprint density at radius 3 is 2.55 bits per heavy atom. The molecule has 0 radical (unpaired) electrons. The highest BCUT2D eigenvalue weighted by Gasteiger charge is 2.42. The highest BCUT2D eigenvalue weighted by molar-refractivity contribution is 5.77. The zero-order chi connectivity index (χ0) is 14.8. The lowest BCUT2D eigenvalue weighted by atomic mass is 9.98. The number of carbonyl (C=O) groups is 1. The van der Waals surface area contributed by atoms with Crippen molar-refractivity contribution >= 4 is 12.0 Å². The van der Waals surface area contributed by atoms with Gasteiger partial charge in [-0.1, -0.05) is 49.1 Å². The van der Waals surface area contributed by atoms with Gasteiger partial charge < -0.3 is 14.6 Å². The van der Waals surface area contributed by atoms with Crippen LogP contribution >= 0.6 is 0 Å². The summed E-state index contributed by atoms with van der Waals surface area (Å²) in [6.45, 7) is 6.95. The van der Waals surface area contributed by atoms with Crippen molar-refractivity contribution in [3.63, 3.8) is 0 Å². The minimum Gasteiger partial charge on any atom is -0.457 e. The van der Waals surface area contributed by atoms with E-state index in [1.165, 1.54) is 6.08 Å². The minimum absolute atomic E-state index is 0.219. The van der Waals surface area contributed by atoms with Crippen LogP contribution in [0.4, 0.5) is 0 Å². The highest BCUT2D eigenvalue weighted by Crippen LogP contribution is 2.31. The fraction of sp³-hybridized carbons (Fsp3) is 0.312. The van der Waals surface area contributed by atoms with Crippen molar-refractivity contribution < 1.29 is 19.4 Å². The lowest BCUT2D eigenvalue weighted by molar-refractivity contribution is -0.231. The molecule has 0 aromatic heterocycles. The molecule has 1 heterocycles. The molecule has 2 unspecified atom stereocenters. The van der Waals surface area contributed by atoms with Gasteiger partial charge in [0.15, 0.2) is 0 Å². The van der Waals surface area contributed by atoms with Crippen molar-refractivity contribution in [2.24, 2.45) is 5.92 Å². The van der Waals surface area contributed by atoms with E-state index < -0.39 is 23.8 Å². The molecule has 0 saturated carbocycles. The first-order valence-corrected chi connectivity index (χ1v) is 6.41. The average molecular weight is 274 g/mol. The summed E-state index contributed by atoms with van der Waals surface area (Å²) in [4.78, 5) is 11.9. The van der Waals surface area contributed by atoms with E-state index in [1.807, 2.05) is 30.3 Å². The number of carbonyl (C=O) groups excluding carboxylic acids is 1. The van der Waals surface area contributed by atoms with E-state index in [4.69, 9.17) is 9.47 Å². The molecule has 20 heavy (non-hydrogen) atoms. The Balaban J connectivity index is 2.09. The van der Waals surface area contributed by atoms with Gasteiger partial charge in [0.05, 0.1) is 6.10 Å². The molecule has 1 aromatic rings. The molecular formula is C16H18O4. The first kappa shape index (κ1) is 14.3. The maximum absolute atomic E-state index is 11.9. The molecule has 0 aliphatic carbocycles. The Bertz CT molecular complexity index is 511. The Hall–Kier alpha value is -2.07. The third kappa shape index (κ3) is 3.27. The number of ether oxygens (including phenoxy) is 2. The van der Waals surface area contributed by atoms with Crippen molar-refractivity contribution in [3.05, 3.63) is 54.3 Å². The lowest BCUT2D eigenvalue weighted by Crippen LogP contribution is -2.45. The number of cyclic esters (lactones) is 1. The molecule has 4 heteroatoms. The molecule has 106 valence electrons. The third-order valence-electron chi connectivity index (χ3n) is 2.95. The largest absolute Gasteiger partial charge is 0.457 e. The van der Waals surface area contributed by atoms with Gasteiger partial charge in [-0.05, 0) is 5.56 Å². The summed E-state index contributed by atoms with van der Waals surface area (Å²) in [6, 6.07) is 9.49. The quantitative estimate of drug-likeness (QED) is 0.860. The number of hydrogen-bond donors (Lipinski definition) is 1. The highest BCUT2D eigenvalue weighted by atomic mass is 16.7. The summed E-state index contributed by atoms with van der Waals surface area (Å²) in [5.74, 6) is -2.25. The molecule has 1 aliphatic heterocycles. The van der Waals surface area contributed by atoms with Gasteiger partial charge in [0.1, 0.15) is 11.7 Å². The molecule has 1 fully saturated rings. The van der Waals surface area contributed by atoms with Crippen LogP contribution in [0.2, 0.25) is 0 Å². The number of aliphatic hydroxyl groups excluding tert-OH is 1. The fourth-order valence-corrected chi connectivity index (χ4v) is 2.05. The Kier molecular flexibility index (Phi) is 3.95. The van der Waals surface area contributed by atoms with Crippen LogP contribution in [-0.2, 0) is 14.3 Å². The Morgan fingerprint density at radius 2 is 1.95 bits per heavy atom. The molecular weight excluding hydrogens is 256 g/mol. The van der Waals surface area contributed by atoms with Crippen LogP contribution in [0.3, 0.4) is 0 Å². The van der Waals surface area contributed by atoms with Crippen LogP contribution in [0.15, 0.2) is 48.7 Å². The summed E-state index contributed by atoms with van der Waals surface area (Å²) in [7, 11) is 0. The molecule has 1 saturated heterocycles. The first-order chi connectivity index (χ1) is 9.39. The topological polar surface area (TPSA) is 55.8 Å². The summed E-state index contributed by atoms with van der Waals surface area (Å²) < 4.78 is 10.5. The van der Waals surface area contributed by atoms with E-state index in [0.29, 0.717) is 0 Å². The number of rotatable bonds is 3. The number of hydrogen-bond acceptors (Lipinski definition) is 4. The van der Waals surface area contributed by atoms with Crippen molar-refractivity contribution in [3.8, 4) is 0 Å². The van der Waals surface area contributed by atoms with E-state index in [0.717, 1.165) is 5.56 Å². The van der Waals surface area contributed by atoms with Gasteiger partial charge >= 0.3 is 5.97 Å². The maximum Gasteiger partial charge on any atom is 0.322 e. The predicted octanol–water partition coefficient (Wildman–Crippen LogP) is 2.50. The van der Waals surface area contributed by atoms with Crippen LogP contribution in [0.25, 0.3) is 6.08 Å². The molecule has 4 nitrogen and oxygen atoms in total. The van der Waals surface area contributed by atoms with Crippen molar-refractivity contribution in [2.75, 3.05) is 0 Å². The molecule has 1 aromatic carbocycles. The Morgan fingerprint density at radius 1 is 1.30 bits per heavy atom. The van der Waals surface area contributed by atoms with Gasteiger partial charge in [-0.3, -0.25) is 4.79 Å². The van der Waals surface area contributed by atoms with E-state index in [-0.39, 0.29) is 5.76 Å².